The predicted molar refractivity (Wildman–Crippen MR) is 120 cm³/mol. The van der Waals surface area contributed by atoms with E-state index < -0.39 is 0 Å². The summed E-state index contributed by atoms with van der Waals surface area (Å²) in [7, 11) is 0. The summed E-state index contributed by atoms with van der Waals surface area (Å²) >= 11 is 0. The molecule has 1 aromatic heterocycles. The van der Waals surface area contributed by atoms with E-state index in [1.54, 1.807) is 30.5 Å². The minimum Gasteiger partial charge on any atom is -0.322 e. The van der Waals surface area contributed by atoms with Crippen molar-refractivity contribution in [3.8, 4) is 0 Å². The maximum absolute atomic E-state index is 12.8. The summed E-state index contributed by atoms with van der Waals surface area (Å²) in [5.74, 6) is -0.556. The Balaban J connectivity index is 1.56. The number of amides is 2. The lowest BCUT2D eigenvalue weighted by Gasteiger charge is -2.11. The molecule has 0 atom stereocenters. The third kappa shape index (κ3) is 4.05. The summed E-state index contributed by atoms with van der Waals surface area (Å²) in [6.07, 6.45) is 1.69. The lowest BCUT2D eigenvalue weighted by Crippen LogP contribution is -2.16. The molecule has 4 rings (SSSR count). The molecule has 5 heteroatoms. The molecule has 30 heavy (non-hydrogen) atoms. The van der Waals surface area contributed by atoms with Crippen molar-refractivity contribution in [1.82, 2.24) is 4.98 Å². The van der Waals surface area contributed by atoms with Crippen molar-refractivity contribution >= 4 is 34.1 Å². The number of benzene rings is 3. The molecule has 3 aromatic carbocycles. The van der Waals surface area contributed by atoms with Gasteiger partial charge in [-0.15, -0.1) is 0 Å². The van der Waals surface area contributed by atoms with E-state index in [2.05, 4.69) is 15.6 Å². The smallest absolute Gasteiger partial charge is 0.255 e. The number of carbonyl (C=O) groups is 2. The van der Waals surface area contributed by atoms with Crippen LogP contribution in [0.15, 0.2) is 79.0 Å². The molecule has 2 N–H and O–H groups in total. The van der Waals surface area contributed by atoms with Gasteiger partial charge < -0.3 is 10.6 Å². The minimum atomic E-state index is -0.297. The first-order chi connectivity index (χ1) is 14.5. The van der Waals surface area contributed by atoms with Gasteiger partial charge >= 0.3 is 0 Å². The summed E-state index contributed by atoms with van der Waals surface area (Å²) in [5.41, 5.74) is 4.97. The van der Waals surface area contributed by atoms with Crippen LogP contribution in [-0.2, 0) is 0 Å². The molecule has 0 fully saturated rings. The highest BCUT2D eigenvalue weighted by atomic mass is 16.2. The zero-order valence-corrected chi connectivity index (χ0v) is 16.8. The maximum Gasteiger partial charge on any atom is 0.255 e. The number of para-hydroxylation sites is 1. The second kappa shape index (κ2) is 8.17. The zero-order valence-electron chi connectivity index (χ0n) is 16.8. The van der Waals surface area contributed by atoms with E-state index in [0.29, 0.717) is 16.8 Å². The molecule has 0 saturated heterocycles. The molecule has 0 aliphatic heterocycles. The first kappa shape index (κ1) is 19.3. The maximum atomic E-state index is 12.8. The number of carbonyl (C=O) groups excluding carboxylic acids is 2. The molecular weight excluding hydrogens is 374 g/mol. The van der Waals surface area contributed by atoms with E-state index in [0.717, 1.165) is 27.7 Å². The van der Waals surface area contributed by atoms with E-state index >= 15 is 0 Å². The zero-order chi connectivity index (χ0) is 21.1. The minimum absolute atomic E-state index is 0.259. The molecule has 0 aliphatic rings. The molecule has 2 amide bonds. The quantitative estimate of drug-likeness (QED) is 0.489. The number of nitrogens with zero attached hydrogens (tertiary/aromatic N) is 1. The SMILES string of the molecule is Cc1ccc(C)c(NC(=O)c2cccc(C(=O)Nc3cccc4cccnc34)c2)c1. The molecule has 0 spiro atoms. The van der Waals surface area contributed by atoms with Gasteiger partial charge in [0, 0.05) is 28.4 Å². The van der Waals surface area contributed by atoms with Crippen LogP contribution in [0.2, 0.25) is 0 Å². The fourth-order valence-corrected chi connectivity index (χ4v) is 3.27. The van der Waals surface area contributed by atoms with Gasteiger partial charge in [0.15, 0.2) is 0 Å². The lowest BCUT2D eigenvalue weighted by molar-refractivity contribution is 0.102. The van der Waals surface area contributed by atoms with Crippen molar-refractivity contribution in [2.45, 2.75) is 13.8 Å². The van der Waals surface area contributed by atoms with Crippen molar-refractivity contribution in [3.05, 3.63) is 101 Å². The summed E-state index contributed by atoms with van der Waals surface area (Å²) in [6.45, 7) is 3.92. The van der Waals surface area contributed by atoms with Crippen molar-refractivity contribution in [2.24, 2.45) is 0 Å². The number of rotatable bonds is 4. The van der Waals surface area contributed by atoms with E-state index in [1.165, 1.54) is 0 Å². The Kier molecular flexibility index (Phi) is 5.26. The van der Waals surface area contributed by atoms with Crippen molar-refractivity contribution in [1.29, 1.82) is 0 Å². The monoisotopic (exact) mass is 395 g/mol. The number of aryl methyl sites for hydroxylation is 2. The number of pyridine rings is 1. The van der Waals surface area contributed by atoms with Gasteiger partial charge in [-0.3, -0.25) is 14.6 Å². The van der Waals surface area contributed by atoms with E-state index in [9.17, 15) is 9.59 Å². The second-order valence-electron chi connectivity index (χ2n) is 7.19. The van der Waals surface area contributed by atoms with E-state index in [1.807, 2.05) is 62.4 Å². The number of anilines is 2. The number of nitrogens with one attached hydrogen (secondary N) is 2. The van der Waals surface area contributed by atoms with Crippen molar-refractivity contribution in [2.75, 3.05) is 10.6 Å². The van der Waals surface area contributed by atoms with Crippen LogP contribution in [0, 0.1) is 13.8 Å². The highest BCUT2D eigenvalue weighted by Crippen LogP contribution is 2.22. The summed E-state index contributed by atoms with van der Waals surface area (Å²) < 4.78 is 0. The topological polar surface area (TPSA) is 71.1 Å². The van der Waals surface area contributed by atoms with Crippen LogP contribution >= 0.6 is 0 Å². The Morgan fingerprint density at radius 2 is 1.40 bits per heavy atom. The fraction of sp³-hybridized carbons (Fsp3) is 0.0800. The van der Waals surface area contributed by atoms with E-state index in [-0.39, 0.29) is 11.8 Å². The normalized spacial score (nSPS) is 10.6. The van der Waals surface area contributed by atoms with Crippen LogP contribution in [0.4, 0.5) is 11.4 Å². The average molecular weight is 395 g/mol. The van der Waals surface area contributed by atoms with Crippen LogP contribution in [-0.4, -0.2) is 16.8 Å². The number of hydrogen-bond donors (Lipinski definition) is 2. The molecule has 0 aliphatic carbocycles. The number of hydrogen-bond acceptors (Lipinski definition) is 3. The Morgan fingerprint density at radius 1 is 0.733 bits per heavy atom. The summed E-state index contributed by atoms with van der Waals surface area (Å²) in [6, 6.07) is 22.0. The van der Waals surface area contributed by atoms with Crippen LogP contribution in [0.1, 0.15) is 31.8 Å². The number of fused-ring (bicyclic) bond motifs is 1. The summed E-state index contributed by atoms with van der Waals surface area (Å²) in [4.78, 5) is 29.9. The highest BCUT2D eigenvalue weighted by Gasteiger charge is 2.13. The largest absolute Gasteiger partial charge is 0.322 e. The standard InChI is InChI=1S/C25H21N3O2/c1-16-11-12-17(2)22(14-16)28-25(30)20-8-3-7-19(15-20)24(29)27-21-10-4-6-18-9-5-13-26-23(18)21/h3-15H,1-2H3,(H,27,29)(H,28,30). The molecule has 0 saturated carbocycles. The molecule has 0 unspecified atom stereocenters. The van der Waals surface area contributed by atoms with Crippen LogP contribution < -0.4 is 10.6 Å². The molecule has 0 radical (unpaired) electrons. The Labute approximate surface area is 174 Å². The molecular formula is C25H21N3O2. The molecule has 1 heterocycles. The third-order valence-corrected chi connectivity index (χ3v) is 4.91. The Morgan fingerprint density at radius 3 is 2.17 bits per heavy atom. The molecule has 4 aromatic rings. The first-order valence-corrected chi connectivity index (χ1v) is 9.65. The summed E-state index contributed by atoms with van der Waals surface area (Å²) in [5, 5.41) is 6.77. The molecule has 148 valence electrons. The van der Waals surface area contributed by atoms with Gasteiger partial charge in [-0.05, 0) is 61.4 Å². The highest BCUT2D eigenvalue weighted by molar-refractivity contribution is 6.10. The fourth-order valence-electron chi connectivity index (χ4n) is 3.27. The van der Waals surface area contributed by atoms with Crippen LogP contribution in [0.3, 0.4) is 0 Å². The van der Waals surface area contributed by atoms with Crippen LogP contribution in [0.25, 0.3) is 10.9 Å². The predicted octanol–water partition coefficient (Wildman–Crippen LogP) is 5.36. The lowest BCUT2D eigenvalue weighted by atomic mass is 10.1. The van der Waals surface area contributed by atoms with Gasteiger partial charge in [-0.25, -0.2) is 0 Å². The average Bonchev–Trinajstić information content (AvgIpc) is 2.76. The second-order valence-corrected chi connectivity index (χ2v) is 7.19. The number of aromatic nitrogens is 1. The van der Waals surface area contributed by atoms with Gasteiger partial charge in [-0.2, -0.15) is 0 Å². The van der Waals surface area contributed by atoms with Gasteiger partial charge in [0.1, 0.15) is 0 Å². The van der Waals surface area contributed by atoms with E-state index in [4.69, 9.17) is 0 Å². The third-order valence-electron chi connectivity index (χ3n) is 4.91. The van der Waals surface area contributed by atoms with Crippen molar-refractivity contribution < 1.29 is 9.59 Å². The molecule has 5 nitrogen and oxygen atoms in total. The first-order valence-electron chi connectivity index (χ1n) is 9.65. The van der Waals surface area contributed by atoms with Gasteiger partial charge in [0.2, 0.25) is 0 Å². The van der Waals surface area contributed by atoms with Crippen LogP contribution in [0.5, 0.6) is 0 Å². The Bertz CT molecular complexity index is 1260. The van der Waals surface area contributed by atoms with Crippen molar-refractivity contribution in [3.63, 3.8) is 0 Å². The van der Waals surface area contributed by atoms with Gasteiger partial charge in [0.05, 0.1) is 11.2 Å². The van der Waals surface area contributed by atoms with Gasteiger partial charge in [-0.1, -0.05) is 36.4 Å². The van der Waals surface area contributed by atoms with Gasteiger partial charge in [0.25, 0.3) is 11.8 Å². The Hall–Kier alpha value is -3.99. The molecule has 0 bridgehead atoms.